The number of carboxylic acids is 2. The van der Waals surface area contributed by atoms with Crippen molar-refractivity contribution in [2.75, 3.05) is 0 Å². The van der Waals surface area contributed by atoms with Crippen molar-refractivity contribution >= 4 is 57.8 Å². The van der Waals surface area contributed by atoms with E-state index in [0.717, 1.165) is 22.1 Å². The van der Waals surface area contributed by atoms with Crippen LogP contribution in [0.5, 0.6) is 0 Å². The molecule has 0 bridgehead atoms. The molecule has 16 nitrogen and oxygen atoms in total. The molecule has 0 radical (unpaired) electrons. The van der Waals surface area contributed by atoms with E-state index in [1.807, 2.05) is 96.5 Å². The van der Waals surface area contributed by atoms with Crippen molar-refractivity contribution in [3.63, 3.8) is 0 Å². The number of aliphatic imine (C=N–C) groups is 2. The van der Waals surface area contributed by atoms with Crippen LogP contribution in [0.1, 0.15) is 11.4 Å². The van der Waals surface area contributed by atoms with E-state index in [4.69, 9.17) is 44.7 Å². The Hall–Kier alpha value is -7.26. The highest BCUT2D eigenvalue weighted by atomic mass is 19.4. The number of benzene rings is 2. The van der Waals surface area contributed by atoms with Crippen LogP contribution in [0, 0.1) is 0 Å². The summed E-state index contributed by atoms with van der Waals surface area (Å²) in [5.74, 6) is -3.54. The summed E-state index contributed by atoms with van der Waals surface area (Å²) < 4.78 is 65.4. The third-order valence-corrected chi connectivity index (χ3v) is 7.94. The number of imidazole rings is 2. The van der Waals surface area contributed by atoms with Crippen LogP contribution in [-0.2, 0) is 28.0 Å². The summed E-state index contributed by atoms with van der Waals surface area (Å²) in [5, 5.41) is 28.5. The van der Waals surface area contributed by atoms with Crippen LogP contribution in [-0.4, -0.2) is 75.9 Å². The average Bonchev–Trinajstić information content (AvgIpc) is 3.87. The third kappa shape index (κ3) is 7.49. The van der Waals surface area contributed by atoms with Gasteiger partial charge in [0.2, 0.25) is 35.1 Å². The molecule has 8 rings (SSSR count). The van der Waals surface area contributed by atoms with Gasteiger partial charge in [0, 0.05) is 19.4 Å². The molecular weight excluding hydrogens is 742 g/mol. The van der Waals surface area contributed by atoms with Crippen molar-refractivity contribution in [1.82, 2.24) is 50.8 Å². The molecule has 0 saturated carbocycles. The minimum Gasteiger partial charge on any atom is -0.475 e. The standard InChI is InChI=1S/C29H24N12.2C2HF3O2/c1-41-21-13-5-4-12-20(21)34-27(41)36-26-39-28(22-14-6-8-16-30-22)29(40-26,23-15-7-9-17-31-23)38-25(37-28)35-24-32-18-10-2-3-11-19(18)33-24;2*3-2(4,5)1(6)7/h2-17H,1H3,(H2,34,36,39,40)(H3,32,33,35,37,38);2*(H,6,7). The Morgan fingerprint density at radius 3 is 1.56 bits per heavy atom. The number of nitrogens with zero attached hydrogens (tertiary/aromatic N) is 7. The third-order valence-electron chi connectivity index (χ3n) is 7.94. The lowest BCUT2D eigenvalue weighted by Crippen LogP contribution is -2.61. The topological polar surface area (TPSA) is 220 Å². The molecular formula is C33H26F6N12O4. The maximum absolute atomic E-state index is 10.6. The SMILES string of the molecule is Cn1c(N=C2NC3(c4ccccn4)NC(=Nc4nc5ccccc5[nH]4)NC3(c3ccccn3)N2)nc2ccccc21.O=C(O)C(F)(F)F.O=C(O)C(F)(F)F. The molecule has 0 spiro atoms. The molecule has 2 saturated heterocycles. The zero-order chi connectivity index (χ0) is 39.6. The zero-order valence-electron chi connectivity index (χ0n) is 27.8. The second kappa shape index (κ2) is 14.3. The fourth-order valence-electron chi connectivity index (χ4n) is 5.56. The first-order valence-corrected chi connectivity index (χ1v) is 15.6. The molecule has 284 valence electrons. The summed E-state index contributed by atoms with van der Waals surface area (Å²) in [6.45, 7) is 0. The smallest absolute Gasteiger partial charge is 0.475 e. The van der Waals surface area contributed by atoms with Crippen molar-refractivity contribution in [3.8, 4) is 0 Å². The van der Waals surface area contributed by atoms with Gasteiger partial charge in [0.25, 0.3) is 0 Å². The molecule has 2 aromatic carbocycles. The number of carbonyl (C=O) groups is 2. The molecule has 6 aromatic rings. The summed E-state index contributed by atoms with van der Waals surface area (Å²) in [6.07, 6.45) is -6.66. The molecule has 2 atom stereocenters. The van der Waals surface area contributed by atoms with Gasteiger partial charge in [0.1, 0.15) is 0 Å². The van der Waals surface area contributed by atoms with E-state index < -0.39 is 35.6 Å². The number of H-pyrrole nitrogens is 1. The Kier molecular flexibility index (Phi) is 9.74. The van der Waals surface area contributed by atoms with Crippen LogP contribution in [0.3, 0.4) is 0 Å². The summed E-state index contributed by atoms with van der Waals surface area (Å²) >= 11 is 0. The number of carboxylic acid groups (broad SMARTS) is 2. The highest BCUT2D eigenvalue weighted by Crippen LogP contribution is 2.42. The van der Waals surface area contributed by atoms with E-state index in [9.17, 15) is 26.3 Å². The molecule has 2 aliphatic rings. The highest BCUT2D eigenvalue weighted by molar-refractivity contribution is 5.95. The maximum Gasteiger partial charge on any atom is 0.490 e. The van der Waals surface area contributed by atoms with Crippen molar-refractivity contribution in [1.29, 1.82) is 0 Å². The van der Waals surface area contributed by atoms with Crippen LogP contribution < -0.4 is 21.3 Å². The van der Waals surface area contributed by atoms with Gasteiger partial charge < -0.3 is 41.0 Å². The van der Waals surface area contributed by atoms with Gasteiger partial charge >= 0.3 is 24.3 Å². The maximum atomic E-state index is 10.6. The van der Waals surface area contributed by atoms with Crippen LogP contribution in [0.4, 0.5) is 38.2 Å². The fraction of sp³-hybridized carbons (Fsp3) is 0.152. The number of halogens is 6. The number of guanidine groups is 2. The molecule has 2 fully saturated rings. The van der Waals surface area contributed by atoms with Gasteiger partial charge in [-0.15, -0.1) is 0 Å². The van der Waals surface area contributed by atoms with Gasteiger partial charge in [0.15, 0.2) is 0 Å². The van der Waals surface area contributed by atoms with E-state index in [2.05, 4.69) is 31.2 Å². The number of alkyl halides is 6. The summed E-state index contributed by atoms with van der Waals surface area (Å²) in [4.78, 5) is 49.6. The minimum absolute atomic E-state index is 0.460. The zero-order valence-corrected chi connectivity index (χ0v) is 27.8. The summed E-state index contributed by atoms with van der Waals surface area (Å²) in [6, 6.07) is 27.3. The molecule has 55 heavy (non-hydrogen) atoms. The van der Waals surface area contributed by atoms with Gasteiger partial charge in [0.05, 0.1) is 33.5 Å². The van der Waals surface area contributed by atoms with Gasteiger partial charge in [-0.2, -0.15) is 36.3 Å². The van der Waals surface area contributed by atoms with E-state index in [1.165, 1.54) is 0 Å². The van der Waals surface area contributed by atoms with Crippen LogP contribution in [0.15, 0.2) is 107 Å². The monoisotopic (exact) mass is 768 g/mol. The molecule has 0 aliphatic carbocycles. The van der Waals surface area contributed by atoms with Gasteiger partial charge in [-0.3, -0.25) is 9.97 Å². The number of aromatic amines is 1. The fourth-order valence-corrected chi connectivity index (χ4v) is 5.56. The summed E-state index contributed by atoms with van der Waals surface area (Å²) in [7, 11) is 1.95. The summed E-state index contributed by atoms with van der Waals surface area (Å²) in [5.41, 5.74) is 2.84. The van der Waals surface area contributed by atoms with Crippen LogP contribution in [0.25, 0.3) is 22.1 Å². The van der Waals surface area contributed by atoms with Crippen molar-refractivity contribution < 1.29 is 46.1 Å². The molecule has 6 heterocycles. The Bertz CT molecular complexity index is 2300. The Labute approximate surface area is 304 Å². The van der Waals surface area contributed by atoms with E-state index in [-0.39, 0.29) is 0 Å². The number of hydrogen-bond donors (Lipinski definition) is 7. The number of fused-ring (bicyclic) bond motifs is 3. The number of hydrogen-bond acceptors (Lipinski definition) is 8. The predicted octanol–water partition coefficient (Wildman–Crippen LogP) is 4.27. The lowest BCUT2D eigenvalue weighted by molar-refractivity contribution is -0.193. The number of aliphatic carboxylic acids is 2. The number of pyridine rings is 2. The van der Waals surface area contributed by atoms with Gasteiger partial charge in [-0.25, -0.2) is 19.6 Å². The van der Waals surface area contributed by atoms with Crippen LogP contribution >= 0.6 is 0 Å². The largest absolute Gasteiger partial charge is 0.490 e. The van der Waals surface area contributed by atoms with E-state index in [0.29, 0.717) is 35.2 Å². The highest BCUT2D eigenvalue weighted by Gasteiger charge is 2.67. The van der Waals surface area contributed by atoms with E-state index >= 15 is 0 Å². The molecule has 7 N–H and O–H groups in total. The normalized spacial score (nSPS) is 18.7. The second-order valence-corrected chi connectivity index (χ2v) is 11.5. The van der Waals surface area contributed by atoms with Gasteiger partial charge in [-0.05, 0) is 48.5 Å². The number of rotatable bonds is 4. The molecule has 2 unspecified atom stereocenters. The first-order valence-electron chi connectivity index (χ1n) is 15.6. The number of nitrogens with one attached hydrogen (secondary N) is 5. The Morgan fingerprint density at radius 2 is 1.11 bits per heavy atom. The van der Waals surface area contributed by atoms with E-state index in [1.54, 1.807) is 12.4 Å². The molecule has 4 aromatic heterocycles. The first kappa shape index (κ1) is 37.5. The van der Waals surface area contributed by atoms with Crippen LogP contribution in [0.2, 0.25) is 0 Å². The lowest BCUT2D eigenvalue weighted by atomic mass is 9.88. The van der Waals surface area contributed by atoms with Crippen molar-refractivity contribution in [2.24, 2.45) is 17.0 Å². The molecule has 22 heteroatoms. The Balaban J connectivity index is 0.000000315. The number of para-hydroxylation sites is 4. The average molecular weight is 769 g/mol. The Morgan fingerprint density at radius 1 is 0.655 bits per heavy atom. The number of aromatic nitrogens is 6. The first-order chi connectivity index (χ1) is 26.0. The molecule has 0 amide bonds. The lowest BCUT2D eigenvalue weighted by Gasteiger charge is -2.36. The minimum atomic E-state index is -5.08. The van der Waals surface area contributed by atoms with Gasteiger partial charge in [-0.1, -0.05) is 36.4 Å². The second-order valence-electron chi connectivity index (χ2n) is 11.5. The number of aryl methyl sites for hydroxylation is 1. The van der Waals surface area contributed by atoms with Crippen molar-refractivity contribution in [3.05, 3.63) is 109 Å². The molecule has 2 aliphatic heterocycles. The van der Waals surface area contributed by atoms with Crippen molar-refractivity contribution in [2.45, 2.75) is 23.7 Å². The quantitative estimate of drug-likeness (QED) is 0.125. The predicted molar refractivity (Wildman–Crippen MR) is 183 cm³/mol.